The molecule has 1 amide bonds. The molecule has 1 N–H and O–H groups in total. The van der Waals surface area contributed by atoms with Crippen molar-refractivity contribution >= 4 is 5.91 Å². The number of hydrogen-bond acceptors (Lipinski definition) is 3. The van der Waals surface area contributed by atoms with Crippen LogP contribution in [0.2, 0.25) is 0 Å². The molecule has 2 aromatic heterocycles. The SMILES string of the molecule is Cn1ccnc1[C@@H](NC(=O)CCc1cccnc1)c1ccccc1. The van der Waals surface area contributed by atoms with Crippen molar-refractivity contribution in [2.24, 2.45) is 7.05 Å². The van der Waals surface area contributed by atoms with Crippen LogP contribution in [-0.2, 0) is 18.3 Å². The summed E-state index contributed by atoms with van der Waals surface area (Å²) in [5.41, 5.74) is 2.07. The summed E-state index contributed by atoms with van der Waals surface area (Å²) in [5.74, 6) is 0.812. The van der Waals surface area contributed by atoms with Gasteiger partial charge in [-0.2, -0.15) is 0 Å². The van der Waals surface area contributed by atoms with Crippen LogP contribution in [0.4, 0.5) is 0 Å². The molecule has 3 rings (SSSR count). The smallest absolute Gasteiger partial charge is 0.221 e. The van der Waals surface area contributed by atoms with Crippen molar-refractivity contribution in [3.05, 3.63) is 84.2 Å². The average molecular weight is 320 g/mol. The lowest BCUT2D eigenvalue weighted by atomic mass is 10.1. The number of nitrogens with zero attached hydrogens (tertiary/aromatic N) is 3. The number of aryl methyl sites for hydroxylation is 2. The molecule has 0 aliphatic carbocycles. The predicted molar refractivity (Wildman–Crippen MR) is 92.2 cm³/mol. The van der Waals surface area contributed by atoms with Crippen molar-refractivity contribution in [3.8, 4) is 0 Å². The lowest BCUT2D eigenvalue weighted by molar-refractivity contribution is -0.121. The zero-order valence-electron chi connectivity index (χ0n) is 13.6. The lowest BCUT2D eigenvalue weighted by Crippen LogP contribution is -2.31. The maximum atomic E-state index is 12.4. The molecule has 0 spiro atoms. The molecule has 0 bridgehead atoms. The molecule has 0 fully saturated rings. The molecular weight excluding hydrogens is 300 g/mol. The summed E-state index contributed by atoms with van der Waals surface area (Å²) in [6, 6.07) is 13.5. The van der Waals surface area contributed by atoms with E-state index < -0.39 is 0 Å². The largest absolute Gasteiger partial charge is 0.342 e. The summed E-state index contributed by atoms with van der Waals surface area (Å²) < 4.78 is 1.93. The van der Waals surface area contributed by atoms with Gasteiger partial charge in [0.15, 0.2) is 0 Å². The van der Waals surface area contributed by atoms with Gasteiger partial charge in [-0.05, 0) is 23.6 Å². The Morgan fingerprint density at radius 3 is 2.67 bits per heavy atom. The molecule has 5 nitrogen and oxygen atoms in total. The number of imidazole rings is 1. The monoisotopic (exact) mass is 320 g/mol. The van der Waals surface area contributed by atoms with Gasteiger partial charge in [-0.3, -0.25) is 9.78 Å². The van der Waals surface area contributed by atoms with E-state index in [0.29, 0.717) is 12.8 Å². The van der Waals surface area contributed by atoms with Crippen molar-refractivity contribution in [2.45, 2.75) is 18.9 Å². The molecule has 3 aromatic rings. The second kappa shape index (κ2) is 7.55. The number of nitrogens with one attached hydrogen (secondary N) is 1. The second-order valence-electron chi connectivity index (χ2n) is 5.67. The van der Waals surface area contributed by atoms with Gasteiger partial charge in [0, 0.05) is 38.3 Å². The fourth-order valence-corrected chi connectivity index (χ4v) is 2.63. The van der Waals surface area contributed by atoms with Gasteiger partial charge >= 0.3 is 0 Å². The van der Waals surface area contributed by atoms with Gasteiger partial charge in [0.25, 0.3) is 0 Å². The van der Waals surface area contributed by atoms with Gasteiger partial charge in [0.1, 0.15) is 11.9 Å². The van der Waals surface area contributed by atoms with Gasteiger partial charge in [-0.25, -0.2) is 4.98 Å². The van der Waals surface area contributed by atoms with Crippen LogP contribution in [0.3, 0.4) is 0 Å². The number of amides is 1. The Kier molecular flexibility index (Phi) is 5.01. The van der Waals surface area contributed by atoms with E-state index in [1.54, 1.807) is 18.6 Å². The van der Waals surface area contributed by atoms with E-state index >= 15 is 0 Å². The third kappa shape index (κ3) is 3.87. The summed E-state index contributed by atoms with van der Waals surface area (Å²) in [7, 11) is 1.93. The standard InChI is InChI=1S/C19H20N4O/c1-23-13-12-21-19(23)18(16-7-3-2-4-8-16)22-17(24)10-9-15-6-5-11-20-14-15/h2-8,11-14,18H,9-10H2,1H3,(H,22,24)/t18-/m0/s1. The van der Waals surface area contributed by atoms with Crippen LogP contribution in [0, 0.1) is 0 Å². The van der Waals surface area contributed by atoms with E-state index in [2.05, 4.69) is 15.3 Å². The van der Waals surface area contributed by atoms with Crippen molar-refractivity contribution in [1.82, 2.24) is 19.9 Å². The lowest BCUT2D eigenvalue weighted by Gasteiger charge is -2.19. The quantitative estimate of drug-likeness (QED) is 0.759. The number of pyridine rings is 1. The number of hydrogen-bond donors (Lipinski definition) is 1. The van der Waals surface area contributed by atoms with Crippen LogP contribution in [0.25, 0.3) is 0 Å². The molecular formula is C19H20N4O. The van der Waals surface area contributed by atoms with Crippen LogP contribution in [0.15, 0.2) is 67.3 Å². The summed E-state index contributed by atoms with van der Waals surface area (Å²) in [6.07, 6.45) is 8.23. The highest BCUT2D eigenvalue weighted by Gasteiger charge is 2.20. The molecule has 0 aliphatic heterocycles. The van der Waals surface area contributed by atoms with Crippen LogP contribution in [-0.4, -0.2) is 20.4 Å². The second-order valence-corrected chi connectivity index (χ2v) is 5.67. The Morgan fingerprint density at radius 2 is 2.00 bits per heavy atom. The maximum absolute atomic E-state index is 12.4. The number of benzene rings is 1. The minimum absolute atomic E-state index is 0.00398. The predicted octanol–water partition coefficient (Wildman–Crippen LogP) is 2.65. The molecule has 0 unspecified atom stereocenters. The van der Waals surface area contributed by atoms with Crippen molar-refractivity contribution in [1.29, 1.82) is 0 Å². The van der Waals surface area contributed by atoms with Gasteiger partial charge in [-0.1, -0.05) is 36.4 Å². The summed E-state index contributed by atoms with van der Waals surface area (Å²) in [6.45, 7) is 0. The van der Waals surface area contributed by atoms with Crippen molar-refractivity contribution in [2.75, 3.05) is 0 Å². The van der Waals surface area contributed by atoms with E-state index in [0.717, 1.165) is 17.0 Å². The third-order valence-electron chi connectivity index (χ3n) is 3.92. The minimum Gasteiger partial charge on any atom is -0.342 e. The first kappa shape index (κ1) is 15.9. The Labute approximate surface area is 141 Å². The Hall–Kier alpha value is -2.95. The minimum atomic E-state index is -0.257. The molecule has 122 valence electrons. The summed E-state index contributed by atoms with van der Waals surface area (Å²) in [4.78, 5) is 20.9. The Bertz CT molecular complexity index is 783. The molecule has 0 radical (unpaired) electrons. The molecule has 1 aromatic carbocycles. The van der Waals surface area contributed by atoms with E-state index in [-0.39, 0.29) is 11.9 Å². The molecule has 0 saturated carbocycles. The summed E-state index contributed by atoms with van der Waals surface area (Å²) >= 11 is 0. The molecule has 1 atom stereocenters. The van der Waals surface area contributed by atoms with Crippen LogP contribution < -0.4 is 5.32 Å². The Balaban J connectivity index is 1.72. The first-order chi connectivity index (χ1) is 11.7. The number of carbonyl (C=O) groups is 1. The van der Waals surface area contributed by atoms with E-state index in [9.17, 15) is 4.79 Å². The highest BCUT2D eigenvalue weighted by Crippen LogP contribution is 2.20. The fraction of sp³-hybridized carbons (Fsp3) is 0.211. The summed E-state index contributed by atoms with van der Waals surface area (Å²) in [5, 5.41) is 3.10. The first-order valence-corrected chi connectivity index (χ1v) is 7.94. The highest BCUT2D eigenvalue weighted by molar-refractivity contribution is 5.77. The topological polar surface area (TPSA) is 59.8 Å². The third-order valence-corrected chi connectivity index (χ3v) is 3.92. The Morgan fingerprint density at radius 1 is 1.17 bits per heavy atom. The van der Waals surface area contributed by atoms with Gasteiger partial charge in [-0.15, -0.1) is 0 Å². The van der Waals surface area contributed by atoms with Gasteiger partial charge in [0.05, 0.1) is 0 Å². The molecule has 2 heterocycles. The van der Waals surface area contributed by atoms with Gasteiger partial charge < -0.3 is 9.88 Å². The average Bonchev–Trinajstić information content (AvgIpc) is 3.05. The van der Waals surface area contributed by atoms with E-state index in [1.807, 2.05) is 60.3 Å². The number of carbonyl (C=O) groups excluding carboxylic acids is 1. The first-order valence-electron chi connectivity index (χ1n) is 7.94. The zero-order chi connectivity index (χ0) is 16.8. The van der Waals surface area contributed by atoms with Gasteiger partial charge in [0.2, 0.25) is 5.91 Å². The zero-order valence-corrected chi connectivity index (χ0v) is 13.6. The number of rotatable bonds is 6. The molecule has 0 aliphatic rings. The van der Waals surface area contributed by atoms with Crippen LogP contribution in [0.1, 0.15) is 29.4 Å². The van der Waals surface area contributed by atoms with Crippen molar-refractivity contribution in [3.63, 3.8) is 0 Å². The van der Waals surface area contributed by atoms with Crippen LogP contribution >= 0.6 is 0 Å². The van der Waals surface area contributed by atoms with Crippen molar-refractivity contribution < 1.29 is 4.79 Å². The van der Waals surface area contributed by atoms with E-state index in [4.69, 9.17) is 0 Å². The van der Waals surface area contributed by atoms with Crippen LogP contribution in [0.5, 0.6) is 0 Å². The molecule has 0 saturated heterocycles. The van der Waals surface area contributed by atoms with E-state index in [1.165, 1.54) is 0 Å². The highest BCUT2D eigenvalue weighted by atomic mass is 16.1. The maximum Gasteiger partial charge on any atom is 0.221 e. The molecule has 5 heteroatoms. The number of aromatic nitrogens is 3. The molecule has 24 heavy (non-hydrogen) atoms. The fourth-order valence-electron chi connectivity index (χ4n) is 2.63. The normalized spacial score (nSPS) is 11.9.